The number of rotatable bonds is 4. The van der Waals surface area contributed by atoms with E-state index in [9.17, 15) is 0 Å². The molecular weight excluding hydrogens is 292 g/mol. The van der Waals surface area contributed by atoms with E-state index in [4.69, 9.17) is 19.6 Å². The first-order valence-electron chi connectivity index (χ1n) is 7.32. The average Bonchev–Trinajstić information content (AvgIpc) is 2.61. The summed E-state index contributed by atoms with van der Waals surface area (Å²) in [6.07, 6.45) is 0. The van der Waals surface area contributed by atoms with Crippen LogP contribution in [0.25, 0.3) is 0 Å². The van der Waals surface area contributed by atoms with Gasteiger partial charge in [0.05, 0.1) is 17.3 Å². The van der Waals surface area contributed by atoms with Gasteiger partial charge in [-0.3, -0.25) is 0 Å². The third-order valence-electron chi connectivity index (χ3n) is 3.48. The molecule has 2 aromatic rings. The van der Waals surface area contributed by atoms with Crippen LogP contribution in [0, 0.1) is 11.3 Å². The minimum atomic E-state index is 0.355. The predicted molar refractivity (Wildman–Crippen MR) is 85.6 cm³/mol. The van der Waals surface area contributed by atoms with Gasteiger partial charge < -0.3 is 14.3 Å². The van der Waals surface area contributed by atoms with E-state index < -0.39 is 0 Å². The number of nitrogens with zero attached hydrogens (tertiary/aromatic N) is 2. The fourth-order valence-electron chi connectivity index (χ4n) is 2.20. The van der Waals surface area contributed by atoms with Crippen LogP contribution in [0.2, 0.25) is 0 Å². The minimum Gasteiger partial charge on any atom is -0.486 e. The summed E-state index contributed by atoms with van der Waals surface area (Å²) in [7, 11) is 0. The molecule has 0 fully saturated rings. The molecule has 1 aliphatic rings. The second-order valence-corrected chi connectivity index (χ2v) is 5.12. The van der Waals surface area contributed by atoms with Gasteiger partial charge in [-0.2, -0.15) is 5.26 Å². The number of hydrogen-bond acceptors (Lipinski definition) is 5. The van der Waals surface area contributed by atoms with E-state index in [1.165, 1.54) is 0 Å². The van der Waals surface area contributed by atoms with Gasteiger partial charge in [0.1, 0.15) is 19.8 Å². The molecule has 0 saturated heterocycles. The monoisotopic (exact) mass is 308 g/mol. The molecule has 5 nitrogen and oxygen atoms in total. The molecule has 0 unspecified atom stereocenters. The Morgan fingerprint density at radius 2 is 1.87 bits per heavy atom. The molecule has 1 heterocycles. The first-order chi connectivity index (χ1) is 11.3. The molecule has 0 N–H and O–H groups in total. The van der Waals surface area contributed by atoms with Crippen molar-refractivity contribution in [3.8, 4) is 17.6 Å². The van der Waals surface area contributed by atoms with Crippen LogP contribution < -0.4 is 9.47 Å². The zero-order valence-electron chi connectivity index (χ0n) is 12.8. The Morgan fingerprint density at radius 3 is 2.61 bits per heavy atom. The van der Waals surface area contributed by atoms with E-state index >= 15 is 0 Å². The molecule has 0 amide bonds. The van der Waals surface area contributed by atoms with Gasteiger partial charge in [0.15, 0.2) is 11.5 Å². The lowest BCUT2D eigenvalue weighted by Crippen LogP contribution is -2.15. The Bertz CT molecular complexity index is 761. The minimum absolute atomic E-state index is 0.355. The molecule has 23 heavy (non-hydrogen) atoms. The molecule has 116 valence electrons. The molecule has 0 saturated carbocycles. The van der Waals surface area contributed by atoms with Gasteiger partial charge in [-0.15, -0.1) is 0 Å². The van der Waals surface area contributed by atoms with E-state index in [0.29, 0.717) is 25.4 Å². The highest BCUT2D eigenvalue weighted by Gasteiger charge is 2.12. The lowest BCUT2D eigenvalue weighted by atomic mass is 10.1. The number of benzene rings is 2. The fraction of sp³-hybridized carbons (Fsp3) is 0.222. The Balaban J connectivity index is 1.64. The molecular formula is C18H16N2O3. The summed E-state index contributed by atoms with van der Waals surface area (Å²) < 4.78 is 11.1. The zero-order valence-corrected chi connectivity index (χ0v) is 12.8. The highest BCUT2D eigenvalue weighted by atomic mass is 16.6. The van der Waals surface area contributed by atoms with Crippen molar-refractivity contribution in [2.45, 2.75) is 13.5 Å². The summed E-state index contributed by atoms with van der Waals surface area (Å²) in [5.74, 6) is 1.49. The van der Waals surface area contributed by atoms with E-state index in [-0.39, 0.29) is 0 Å². The summed E-state index contributed by atoms with van der Waals surface area (Å²) in [6.45, 7) is 3.37. The highest BCUT2D eigenvalue weighted by Crippen LogP contribution is 2.30. The van der Waals surface area contributed by atoms with Gasteiger partial charge in [-0.1, -0.05) is 17.3 Å². The topological polar surface area (TPSA) is 63.8 Å². The van der Waals surface area contributed by atoms with Crippen LogP contribution in [0.1, 0.15) is 23.6 Å². The molecule has 0 aliphatic carbocycles. The first-order valence-corrected chi connectivity index (χ1v) is 7.32. The van der Waals surface area contributed by atoms with E-state index in [1.807, 2.05) is 37.3 Å². The molecule has 1 aliphatic heterocycles. The Labute approximate surface area is 134 Å². The van der Waals surface area contributed by atoms with Gasteiger partial charge in [-0.05, 0) is 42.8 Å². The lowest BCUT2D eigenvalue weighted by Gasteiger charge is -2.18. The Kier molecular flexibility index (Phi) is 4.44. The normalized spacial score (nSPS) is 13.3. The van der Waals surface area contributed by atoms with Gasteiger partial charge in [0, 0.05) is 5.56 Å². The van der Waals surface area contributed by atoms with Crippen LogP contribution in [0.15, 0.2) is 47.6 Å². The van der Waals surface area contributed by atoms with E-state index in [1.54, 1.807) is 12.1 Å². The number of oxime groups is 1. The molecule has 0 bridgehead atoms. The summed E-state index contributed by atoms with van der Waals surface area (Å²) in [4.78, 5) is 5.39. The quantitative estimate of drug-likeness (QED) is 0.642. The highest BCUT2D eigenvalue weighted by molar-refractivity contribution is 5.98. The first kappa shape index (κ1) is 14.9. The predicted octanol–water partition coefficient (Wildman–Crippen LogP) is 3.27. The van der Waals surface area contributed by atoms with E-state index in [2.05, 4.69) is 11.2 Å². The Hall–Kier alpha value is -3.00. The number of hydrogen-bond donors (Lipinski definition) is 0. The van der Waals surface area contributed by atoms with Crippen molar-refractivity contribution in [3.05, 3.63) is 59.2 Å². The average molecular weight is 308 g/mol. The molecule has 0 atom stereocenters. The van der Waals surface area contributed by atoms with Crippen LogP contribution in [-0.4, -0.2) is 18.9 Å². The molecule has 0 aromatic heterocycles. The number of fused-ring (bicyclic) bond motifs is 1. The maximum Gasteiger partial charge on any atom is 0.162 e. The van der Waals surface area contributed by atoms with Crippen LogP contribution in [-0.2, 0) is 11.4 Å². The summed E-state index contributed by atoms with van der Waals surface area (Å²) in [5.41, 5.74) is 3.28. The molecule has 3 rings (SSSR count). The second kappa shape index (κ2) is 6.84. The molecule has 0 spiro atoms. The summed E-state index contributed by atoms with van der Waals surface area (Å²) in [5, 5.41) is 12.9. The van der Waals surface area contributed by atoms with E-state index in [0.717, 1.165) is 28.3 Å². The molecule has 5 heteroatoms. The molecule has 2 aromatic carbocycles. The van der Waals surface area contributed by atoms with Crippen molar-refractivity contribution in [3.63, 3.8) is 0 Å². The third kappa shape index (κ3) is 3.61. The maximum atomic E-state index is 8.77. The van der Waals surface area contributed by atoms with Crippen LogP contribution in [0.5, 0.6) is 11.5 Å². The molecule has 0 radical (unpaired) electrons. The lowest BCUT2D eigenvalue weighted by molar-refractivity contribution is 0.130. The van der Waals surface area contributed by atoms with Crippen molar-refractivity contribution in [2.75, 3.05) is 13.2 Å². The largest absolute Gasteiger partial charge is 0.486 e. The summed E-state index contributed by atoms with van der Waals surface area (Å²) in [6, 6.07) is 15.0. The standard InChI is InChI=1S/C18H16N2O3/c1-13(16-6-7-17-18(10-16)22-9-8-21-17)20-23-12-15-4-2-14(11-19)3-5-15/h2-7,10H,8-9,12H2,1H3/b20-13-. The Morgan fingerprint density at radius 1 is 1.13 bits per heavy atom. The number of ether oxygens (including phenoxy) is 2. The van der Waals surface area contributed by atoms with Gasteiger partial charge in [0.2, 0.25) is 0 Å². The fourth-order valence-corrected chi connectivity index (χ4v) is 2.20. The number of nitriles is 1. The zero-order chi connectivity index (χ0) is 16.1. The third-order valence-corrected chi connectivity index (χ3v) is 3.48. The van der Waals surface area contributed by atoms with Gasteiger partial charge in [0.25, 0.3) is 0 Å². The van der Waals surface area contributed by atoms with Crippen LogP contribution in [0.4, 0.5) is 0 Å². The van der Waals surface area contributed by atoms with Gasteiger partial charge >= 0.3 is 0 Å². The summed E-state index contributed by atoms with van der Waals surface area (Å²) >= 11 is 0. The van der Waals surface area contributed by atoms with Crippen molar-refractivity contribution in [1.82, 2.24) is 0 Å². The SMILES string of the molecule is C/C(=N/OCc1ccc(C#N)cc1)c1ccc2c(c1)OCCO2. The smallest absolute Gasteiger partial charge is 0.162 e. The van der Waals surface area contributed by atoms with Crippen LogP contribution >= 0.6 is 0 Å². The van der Waals surface area contributed by atoms with Crippen molar-refractivity contribution in [2.24, 2.45) is 5.16 Å². The van der Waals surface area contributed by atoms with Crippen LogP contribution in [0.3, 0.4) is 0 Å². The van der Waals surface area contributed by atoms with Gasteiger partial charge in [-0.25, -0.2) is 0 Å². The van der Waals surface area contributed by atoms with Crippen molar-refractivity contribution in [1.29, 1.82) is 5.26 Å². The second-order valence-electron chi connectivity index (χ2n) is 5.12. The van der Waals surface area contributed by atoms with Crippen molar-refractivity contribution < 1.29 is 14.3 Å². The van der Waals surface area contributed by atoms with Crippen molar-refractivity contribution >= 4 is 5.71 Å². The maximum absolute atomic E-state index is 8.77.